The number of para-hydroxylation sites is 1. The summed E-state index contributed by atoms with van der Waals surface area (Å²) in [6, 6.07) is 14.6. The fourth-order valence-electron chi connectivity index (χ4n) is 5.61. The van der Waals surface area contributed by atoms with E-state index in [2.05, 4.69) is 34.1 Å². The van der Waals surface area contributed by atoms with E-state index >= 15 is 0 Å². The van der Waals surface area contributed by atoms with Crippen molar-refractivity contribution in [3.63, 3.8) is 0 Å². The molecule has 2 saturated heterocycles. The van der Waals surface area contributed by atoms with Crippen LogP contribution in [0.4, 0.5) is 0 Å². The highest BCUT2D eigenvalue weighted by Gasteiger charge is 2.32. The van der Waals surface area contributed by atoms with Crippen molar-refractivity contribution in [3.8, 4) is 17.2 Å². The average molecular weight is 451 g/mol. The molecule has 176 valence electrons. The van der Waals surface area contributed by atoms with Crippen LogP contribution in [-0.4, -0.2) is 62.2 Å². The van der Waals surface area contributed by atoms with Crippen LogP contribution in [0.3, 0.4) is 0 Å². The third-order valence-corrected chi connectivity index (χ3v) is 7.19. The first-order valence-corrected chi connectivity index (χ1v) is 12.2. The third-order valence-electron chi connectivity index (χ3n) is 7.19. The Morgan fingerprint density at radius 2 is 1.85 bits per heavy atom. The maximum atomic E-state index is 13.4. The van der Waals surface area contributed by atoms with Gasteiger partial charge >= 0.3 is 0 Å². The lowest BCUT2D eigenvalue weighted by Crippen LogP contribution is -2.44. The Hall–Kier alpha value is -2.73. The average Bonchev–Trinajstić information content (AvgIpc) is 3.35. The summed E-state index contributed by atoms with van der Waals surface area (Å²) in [5, 5.41) is 0. The Morgan fingerprint density at radius 1 is 1.03 bits per heavy atom. The highest BCUT2D eigenvalue weighted by Crippen LogP contribution is 2.38. The van der Waals surface area contributed by atoms with Gasteiger partial charge in [-0.3, -0.25) is 9.69 Å². The second-order valence-corrected chi connectivity index (χ2v) is 9.41. The van der Waals surface area contributed by atoms with E-state index in [-0.39, 0.29) is 11.9 Å². The lowest BCUT2D eigenvalue weighted by Gasteiger charge is -2.34. The molecule has 2 aromatic rings. The Morgan fingerprint density at radius 3 is 2.73 bits per heavy atom. The number of amides is 1. The molecule has 0 aromatic heterocycles. The van der Waals surface area contributed by atoms with Gasteiger partial charge in [0.25, 0.3) is 0 Å². The molecule has 2 fully saturated rings. The highest BCUT2D eigenvalue weighted by atomic mass is 16.6. The minimum Gasteiger partial charge on any atom is -0.496 e. The molecule has 0 aliphatic carbocycles. The minimum absolute atomic E-state index is 0.127. The number of methoxy groups -OCH3 is 1. The van der Waals surface area contributed by atoms with Gasteiger partial charge in [-0.25, -0.2) is 0 Å². The molecule has 1 amide bonds. The molecule has 2 unspecified atom stereocenters. The molecule has 0 saturated carbocycles. The fraction of sp³-hybridized carbons (Fsp3) is 0.519. The van der Waals surface area contributed by atoms with E-state index in [4.69, 9.17) is 14.2 Å². The van der Waals surface area contributed by atoms with Crippen LogP contribution in [0.2, 0.25) is 0 Å². The van der Waals surface area contributed by atoms with E-state index in [0.717, 1.165) is 68.1 Å². The molecule has 33 heavy (non-hydrogen) atoms. The summed E-state index contributed by atoms with van der Waals surface area (Å²) in [4.78, 5) is 17.8. The number of benzene rings is 2. The molecule has 3 heterocycles. The van der Waals surface area contributed by atoms with Gasteiger partial charge in [0, 0.05) is 13.1 Å². The van der Waals surface area contributed by atoms with Crippen molar-refractivity contribution < 1.29 is 19.0 Å². The van der Waals surface area contributed by atoms with E-state index < -0.39 is 0 Å². The molecule has 2 aromatic carbocycles. The standard InChI is InChI=1S/C27H34N2O4/c1-31-24-9-3-2-7-22(24)16-20-6-4-12-28(18-20)19-27(30)29-13-5-8-23(29)21-10-11-25-26(17-21)33-15-14-32-25/h2-3,7,9-11,17,20,23H,4-6,8,12-16,18-19H2,1H3. The van der Waals surface area contributed by atoms with Crippen molar-refractivity contribution in [2.45, 2.75) is 38.1 Å². The first kappa shape index (κ1) is 22.1. The van der Waals surface area contributed by atoms with Gasteiger partial charge in [0.05, 0.1) is 19.7 Å². The van der Waals surface area contributed by atoms with Gasteiger partial charge in [0.2, 0.25) is 5.91 Å². The normalized spacial score (nSPS) is 22.9. The zero-order chi connectivity index (χ0) is 22.6. The van der Waals surface area contributed by atoms with E-state index in [9.17, 15) is 4.79 Å². The summed E-state index contributed by atoms with van der Waals surface area (Å²) >= 11 is 0. The lowest BCUT2D eigenvalue weighted by molar-refractivity contribution is -0.133. The van der Waals surface area contributed by atoms with E-state index in [0.29, 0.717) is 25.7 Å². The maximum Gasteiger partial charge on any atom is 0.237 e. The Kier molecular flexibility index (Phi) is 6.72. The Bertz CT molecular complexity index is 978. The van der Waals surface area contributed by atoms with Crippen LogP contribution in [0, 0.1) is 5.92 Å². The number of hydrogen-bond donors (Lipinski definition) is 0. The van der Waals surface area contributed by atoms with Crippen molar-refractivity contribution >= 4 is 5.91 Å². The topological polar surface area (TPSA) is 51.2 Å². The summed E-state index contributed by atoms with van der Waals surface area (Å²) in [6.45, 7) is 4.46. The van der Waals surface area contributed by atoms with Crippen molar-refractivity contribution in [2.75, 3.05) is 46.5 Å². The zero-order valence-corrected chi connectivity index (χ0v) is 19.5. The van der Waals surface area contributed by atoms with Crippen LogP contribution in [0.25, 0.3) is 0 Å². The summed E-state index contributed by atoms with van der Waals surface area (Å²) in [7, 11) is 1.73. The molecule has 0 bridgehead atoms. The number of hydrogen-bond acceptors (Lipinski definition) is 5. The van der Waals surface area contributed by atoms with Gasteiger partial charge in [-0.15, -0.1) is 0 Å². The van der Waals surface area contributed by atoms with Crippen LogP contribution >= 0.6 is 0 Å². The first-order chi connectivity index (χ1) is 16.2. The predicted molar refractivity (Wildman–Crippen MR) is 127 cm³/mol. The molecular weight excluding hydrogens is 416 g/mol. The van der Waals surface area contributed by atoms with Crippen LogP contribution in [0.5, 0.6) is 17.2 Å². The quantitative estimate of drug-likeness (QED) is 0.664. The zero-order valence-electron chi connectivity index (χ0n) is 19.5. The summed E-state index contributed by atoms with van der Waals surface area (Å²) in [5.41, 5.74) is 2.41. The fourth-order valence-corrected chi connectivity index (χ4v) is 5.61. The molecule has 6 heteroatoms. The highest BCUT2D eigenvalue weighted by molar-refractivity contribution is 5.79. The number of carbonyl (C=O) groups excluding carboxylic acids is 1. The molecule has 5 rings (SSSR count). The number of piperidine rings is 1. The van der Waals surface area contributed by atoms with E-state index in [1.54, 1.807) is 7.11 Å². The van der Waals surface area contributed by atoms with Crippen molar-refractivity contribution in [2.24, 2.45) is 5.92 Å². The van der Waals surface area contributed by atoms with Gasteiger partial charge in [-0.2, -0.15) is 0 Å². The molecule has 0 radical (unpaired) electrons. The van der Waals surface area contributed by atoms with Gasteiger partial charge in [-0.1, -0.05) is 24.3 Å². The van der Waals surface area contributed by atoms with E-state index in [1.165, 1.54) is 12.0 Å². The van der Waals surface area contributed by atoms with Crippen molar-refractivity contribution in [3.05, 3.63) is 53.6 Å². The summed E-state index contributed by atoms with van der Waals surface area (Å²) in [5.74, 6) is 3.36. The molecule has 3 aliphatic heterocycles. The molecular formula is C27H34N2O4. The molecule has 6 nitrogen and oxygen atoms in total. The Balaban J connectivity index is 1.21. The summed E-state index contributed by atoms with van der Waals surface area (Å²) in [6.07, 6.45) is 5.38. The molecule has 3 aliphatic rings. The minimum atomic E-state index is 0.127. The number of ether oxygens (including phenoxy) is 3. The van der Waals surface area contributed by atoms with Crippen LogP contribution in [-0.2, 0) is 11.2 Å². The van der Waals surface area contributed by atoms with Crippen molar-refractivity contribution in [1.82, 2.24) is 9.80 Å². The smallest absolute Gasteiger partial charge is 0.237 e. The predicted octanol–water partition coefficient (Wildman–Crippen LogP) is 4.08. The summed E-state index contributed by atoms with van der Waals surface area (Å²) < 4.78 is 17.0. The number of carbonyl (C=O) groups is 1. The molecule has 2 atom stereocenters. The SMILES string of the molecule is COc1ccccc1CC1CCCN(CC(=O)N2CCCC2c2ccc3c(c2)OCCO3)C1. The van der Waals surface area contributed by atoms with E-state index in [1.807, 2.05) is 18.2 Å². The molecule has 0 spiro atoms. The van der Waals surface area contributed by atoms with Gasteiger partial charge < -0.3 is 19.1 Å². The maximum absolute atomic E-state index is 13.4. The number of fused-ring (bicyclic) bond motifs is 1. The van der Waals surface area contributed by atoms with Gasteiger partial charge in [0.1, 0.15) is 19.0 Å². The van der Waals surface area contributed by atoms with Crippen molar-refractivity contribution in [1.29, 1.82) is 0 Å². The lowest BCUT2D eigenvalue weighted by atomic mass is 9.91. The van der Waals surface area contributed by atoms with Crippen LogP contribution < -0.4 is 14.2 Å². The molecule has 0 N–H and O–H groups in total. The van der Waals surface area contributed by atoms with Gasteiger partial charge in [0.15, 0.2) is 11.5 Å². The number of nitrogens with zero attached hydrogens (tertiary/aromatic N) is 2. The van der Waals surface area contributed by atoms with Crippen LogP contribution in [0.1, 0.15) is 42.9 Å². The monoisotopic (exact) mass is 450 g/mol. The first-order valence-electron chi connectivity index (χ1n) is 12.2. The third kappa shape index (κ3) is 4.96. The number of likely N-dealkylation sites (tertiary alicyclic amines) is 2. The second kappa shape index (κ2) is 10.0. The Labute approximate surface area is 196 Å². The second-order valence-electron chi connectivity index (χ2n) is 9.41. The van der Waals surface area contributed by atoms with Crippen LogP contribution in [0.15, 0.2) is 42.5 Å². The van der Waals surface area contributed by atoms with Gasteiger partial charge in [-0.05, 0) is 73.9 Å². The largest absolute Gasteiger partial charge is 0.496 e. The number of rotatable bonds is 6.